The number of halogens is 3. The molecule has 9 heteroatoms. The standard InChI is InChI=1S/C10H14N6.3ClH/c11-8-1-2-9(16-10(8)12)14-4-3-7-5-13-6-15-7;;;/h1-2,5-6H,3-4,11H2,(H,13,15)(H3,12,14,16);3*1H. The number of nitrogens with zero attached hydrogens (tertiary/aromatic N) is 1. The molecule has 19 heavy (non-hydrogen) atoms. The van der Waals surface area contributed by atoms with Gasteiger partial charge in [0, 0.05) is 18.3 Å². The van der Waals surface area contributed by atoms with Crippen molar-refractivity contribution < 1.29 is 53.3 Å². The van der Waals surface area contributed by atoms with Gasteiger partial charge in [0.25, 0.3) is 0 Å². The molecule has 0 unspecified atom stereocenters. The van der Waals surface area contributed by atoms with Crippen molar-refractivity contribution in [3.63, 3.8) is 0 Å². The van der Waals surface area contributed by atoms with Gasteiger partial charge in [-0.05, 0) is 6.07 Å². The topological polar surface area (TPSA) is 113 Å². The maximum atomic E-state index is 5.67. The van der Waals surface area contributed by atoms with E-state index >= 15 is 0 Å². The van der Waals surface area contributed by atoms with Crippen LogP contribution in [0, 0.1) is 0 Å². The van der Waals surface area contributed by atoms with Crippen LogP contribution in [0.2, 0.25) is 0 Å². The lowest BCUT2D eigenvalue weighted by molar-refractivity contribution is -0.656. The van der Waals surface area contributed by atoms with Crippen LogP contribution in [-0.2, 0) is 6.42 Å². The number of aromatic nitrogens is 3. The molecule has 0 aliphatic rings. The molecule has 2 aromatic rings. The highest BCUT2D eigenvalue weighted by atomic mass is 35.5. The van der Waals surface area contributed by atoms with Crippen LogP contribution in [0.1, 0.15) is 5.69 Å². The fourth-order valence-corrected chi connectivity index (χ4v) is 1.49. The predicted molar refractivity (Wildman–Crippen MR) is 58.7 cm³/mol. The lowest BCUT2D eigenvalue weighted by Crippen LogP contribution is -3.00. The van der Waals surface area contributed by atoms with E-state index in [9.17, 15) is 0 Å². The number of quaternary nitrogens is 2. The molecular formula is C10H17Cl3N6. The molecule has 0 radical (unpaired) electrons. The number of imidazole rings is 1. The summed E-state index contributed by atoms with van der Waals surface area (Å²) in [5.74, 6) is 1.80. The minimum atomic E-state index is 0. The van der Waals surface area contributed by atoms with E-state index in [1.165, 1.54) is 0 Å². The van der Waals surface area contributed by atoms with Gasteiger partial charge in [0.15, 0.2) is 5.69 Å². The molecule has 0 bridgehead atoms. The lowest BCUT2D eigenvalue weighted by Gasteiger charge is -1.95. The van der Waals surface area contributed by atoms with Crippen molar-refractivity contribution >= 4 is 17.3 Å². The average Bonchev–Trinajstić information content (AvgIpc) is 2.76. The Morgan fingerprint density at radius 1 is 1.32 bits per heavy atom. The number of rotatable bonds is 4. The van der Waals surface area contributed by atoms with E-state index in [0.717, 1.165) is 30.3 Å². The normalized spacial score (nSPS) is 8.89. The van der Waals surface area contributed by atoms with E-state index in [1.54, 1.807) is 6.33 Å². The summed E-state index contributed by atoms with van der Waals surface area (Å²) in [6.07, 6.45) is 4.48. The van der Waals surface area contributed by atoms with Crippen LogP contribution in [0.25, 0.3) is 0 Å². The second-order valence-corrected chi connectivity index (χ2v) is 3.67. The molecule has 0 spiro atoms. The molecule has 2 heterocycles. The van der Waals surface area contributed by atoms with Gasteiger partial charge in [-0.3, -0.25) is 11.1 Å². The lowest BCUT2D eigenvalue weighted by atomic mass is 10.3. The Labute approximate surface area is 130 Å². The summed E-state index contributed by atoms with van der Waals surface area (Å²) in [6.45, 7) is 0.946. The van der Waals surface area contributed by atoms with Crippen molar-refractivity contribution in [3.8, 4) is 0 Å². The predicted octanol–water partition coefficient (Wildman–Crippen LogP) is -10.9. The van der Waals surface area contributed by atoms with Gasteiger partial charge in [0.1, 0.15) is 0 Å². The molecule has 2 aromatic heterocycles. The van der Waals surface area contributed by atoms with Crippen LogP contribution in [0.15, 0.2) is 24.7 Å². The van der Waals surface area contributed by atoms with Gasteiger partial charge >= 0.3 is 11.6 Å². The fourth-order valence-electron chi connectivity index (χ4n) is 1.49. The summed E-state index contributed by atoms with van der Waals surface area (Å²) in [4.78, 5) is 10.2. The second-order valence-electron chi connectivity index (χ2n) is 3.67. The monoisotopic (exact) mass is 326 g/mol. The van der Waals surface area contributed by atoms with Crippen molar-refractivity contribution in [3.05, 3.63) is 30.4 Å². The summed E-state index contributed by atoms with van der Waals surface area (Å²) < 4.78 is 0. The van der Waals surface area contributed by atoms with Gasteiger partial charge in [-0.1, -0.05) is 0 Å². The van der Waals surface area contributed by atoms with Gasteiger partial charge in [0.05, 0.1) is 18.9 Å². The largest absolute Gasteiger partial charge is 1.00 e. The summed E-state index contributed by atoms with van der Waals surface area (Å²) in [5, 5.41) is 2.12. The number of nitrogens with two attached hydrogens (primary N) is 2. The summed E-state index contributed by atoms with van der Waals surface area (Å²) in [6, 6.07) is 3.82. The minimum Gasteiger partial charge on any atom is -1.00 e. The van der Waals surface area contributed by atoms with Crippen LogP contribution in [0.4, 0.5) is 17.3 Å². The number of nitrogen functional groups attached to an aromatic ring is 1. The highest BCUT2D eigenvalue weighted by Gasteiger charge is 2.11. The third kappa shape index (κ3) is 6.09. The van der Waals surface area contributed by atoms with E-state index in [-0.39, 0.29) is 37.2 Å². The molecule has 0 aliphatic heterocycles. The molecule has 2 rings (SSSR count). The molecule has 9 N–H and O–H groups in total. The molecule has 6 nitrogen and oxygen atoms in total. The maximum Gasteiger partial charge on any atom is 0.390 e. The van der Waals surface area contributed by atoms with Gasteiger partial charge < -0.3 is 47.9 Å². The number of hydrogen-bond acceptors (Lipinski definition) is 2. The van der Waals surface area contributed by atoms with E-state index in [2.05, 4.69) is 26.0 Å². The van der Waals surface area contributed by atoms with Gasteiger partial charge in [-0.25, -0.2) is 4.98 Å². The maximum absolute atomic E-state index is 5.67. The van der Waals surface area contributed by atoms with Gasteiger partial charge in [0.2, 0.25) is 0 Å². The smallest absolute Gasteiger partial charge is 0.390 e. The molecule has 0 saturated heterocycles. The molecule has 0 atom stereocenters. The molecule has 0 aliphatic carbocycles. The first-order valence-electron chi connectivity index (χ1n) is 5.20. The first kappa shape index (κ1) is 20.3. The van der Waals surface area contributed by atoms with Crippen LogP contribution >= 0.6 is 0 Å². The molecule has 0 fully saturated rings. The first-order valence-corrected chi connectivity index (χ1v) is 5.20. The zero-order valence-electron chi connectivity index (χ0n) is 10.2. The van der Waals surface area contributed by atoms with Crippen LogP contribution in [0.5, 0.6) is 0 Å². The molecular weight excluding hydrogens is 311 g/mol. The summed E-state index contributed by atoms with van der Waals surface area (Å²) in [5.41, 5.74) is 11.3. The average molecular weight is 328 g/mol. The Balaban J connectivity index is 0. The SMILES string of the molecule is Nc1ccc([NH2+]CCc2cnc[nH]2)[nH+]c1[NH3+].[Cl-].[Cl-].[Cl-]. The first-order chi connectivity index (χ1) is 7.75. The Bertz CT molecular complexity index is 462. The van der Waals surface area contributed by atoms with Gasteiger partial charge in [-0.15, -0.1) is 4.98 Å². The van der Waals surface area contributed by atoms with Gasteiger partial charge in [-0.2, -0.15) is 0 Å². The molecule has 108 valence electrons. The van der Waals surface area contributed by atoms with Crippen LogP contribution < -0.4 is 59.0 Å². The Morgan fingerprint density at radius 2 is 2.05 bits per heavy atom. The summed E-state index contributed by atoms with van der Waals surface area (Å²) >= 11 is 0. The Kier molecular flexibility index (Phi) is 10.5. The fraction of sp³-hybridized carbons (Fsp3) is 0.200. The number of hydrogen-bond donors (Lipinski definition) is 4. The summed E-state index contributed by atoms with van der Waals surface area (Å²) in [7, 11) is 0. The zero-order chi connectivity index (χ0) is 11.4. The number of pyridine rings is 1. The molecule has 0 aromatic carbocycles. The van der Waals surface area contributed by atoms with E-state index in [0.29, 0.717) is 5.69 Å². The molecule has 0 amide bonds. The Morgan fingerprint density at radius 3 is 2.63 bits per heavy atom. The number of nitrogens with one attached hydrogen (secondary N) is 2. The van der Waals surface area contributed by atoms with Crippen molar-refractivity contribution in [2.75, 3.05) is 12.3 Å². The second kappa shape index (κ2) is 9.82. The highest BCUT2D eigenvalue weighted by Crippen LogP contribution is 2.04. The third-order valence-electron chi connectivity index (χ3n) is 2.42. The van der Waals surface area contributed by atoms with Crippen molar-refractivity contribution in [1.29, 1.82) is 0 Å². The Hall–Kier alpha value is -1.05. The van der Waals surface area contributed by atoms with Crippen LogP contribution in [-0.4, -0.2) is 16.5 Å². The van der Waals surface area contributed by atoms with E-state index in [4.69, 9.17) is 5.73 Å². The van der Waals surface area contributed by atoms with E-state index in [1.807, 2.05) is 18.3 Å². The minimum absolute atomic E-state index is 0. The number of anilines is 1. The quantitative estimate of drug-likeness (QED) is 0.447. The van der Waals surface area contributed by atoms with Crippen LogP contribution in [0.3, 0.4) is 0 Å². The number of H-pyrrole nitrogens is 2. The molecule has 0 saturated carbocycles. The van der Waals surface area contributed by atoms with Crippen molar-refractivity contribution in [2.45, 2.75) is 6.42 Å². The zero-order valence-corrected chi connectivity index (χ0v) is 12.4. The third-order valence-corrected chi connectivity index (χ3v) is 2.42. The van der Waals surface area contributed by atoms with Crippen molar-refractivity contribution in [1.82, 2.24) is 9.97 Å². The van der Waals surface area contributed by atoms with Crippen molar-refractivity contribution in [2.24, 2.45) is 0 Å². The highest BCUT2D eigenvalue weighted by molar-refractivity contribution is 5.49. The number of aromatic amines is 2. The van der Waals surface area contributed by atoms with E-state index < -0.39 is 0 Å².